The van der Waals surface area contributed by atoms with Gasteiger partial charge in [0.15, 0.2) is 0 Å². The van der Waals surface area contributed by atoms with Crippen molar-refractivity contribution in [1.29, 1.82) is 10.5 Å². The topological polar surface area (TPSA) is 57.4 Å². The van der Waals surface area contributed by atoms with Crippen LogP contribution in [0, 0.1) is 29.6 Å². The van der Waals surface area contributed by atoms with E-state index in [1.54, 1.807) is 6.08 Å². The minimum absolute atomic E-state index is 0.557. The lowest BCUT2D eigenvalue weighted by Crippen LogP contribution is -2.00. The first-order valence-electron chi connectivity index (χ1n) is 14.4. The molecule has 0 aliphatic rings. The average molecular weight is 567 g/mol. The molecule has 6 rings (SSSR count). The van der Waals surface area contributed by atoms with Crippen molar-refractivity contribution >= 4 is 40.0 Å². The second-order valence-corrected chi connectivity index (χ2v) is 10.6. The van der Waals surface area contributed by atoms with Crippen LogP contribution in [0.25, 0.3) is 62.5 Å². The van der Waals surface area contributed by atoms with Crippen LogP contribution in [0.2, 0.25) is 0 Å². The van der Waals surface area contributed by atoms with E-state index in [1.807, 2.05) is 61.6 Å². The molecule has 4 heteroatoms. The van der Waals surface area contributed by atoms with Crippen molar-refractivity contribution in [3.05, 3.63) is 150 Å². The Labute approximate surface area is 257 Å². The fourth-order valence-electron chi connectivity index (χ4n) is 6.07. The molecule has 0 atom stereocenters. The fourth-order valence-corrected chi connectivity index (χ4v) is 6.07. The van der Waals surface area contributed by atoms with Crippen LogP contribution in [-0.2, 0) is 0 Å². The lowest BCUT2D eigenvalue weighted by Gasteiger charge is -2.14. The number of fused-ring (bicyclic) bond motifs is 2. The van der Waals surface area contributed by atoms with E-state index < -0.39 is 0 Å². The number of para-hydroxylation sites is 1. The molecule has 0 fully saturated rings. The Balaban J connectivity index is 1.59. The van der Waals surface area contributed by atoms with Gasteiger partial charge >= 0.3 is 0 Å². The largest absolute Gasteiger partial charge is 0.310 e. The van der Waals surface area contributed by atoms with Crippen molar-refractivity contribution in [2.45, 2.75) is 13.8 Å². The van der Waals surface area contributed by atoms with E-state index in [0.29, 0.717) is 11.1 Å². The zero-order chi connectivity index (χ0) is 30.8. The summed E-state index contributed by atoms with van der Waals surface area (Å²) in [6.07, 6.45) is 11.7. The van der Waals surface area contributed by atoms with Gasteiger partial charge in [-0.2, -0.15) is 10.5 Å². The number of aromatic nitrogens is 2. The van der Waals surface area contributed by atoms with E-state index in [-0.39, 0.29) is 0 Å². The number of benzene rings is 4. The van der Waals surface area contributed by atoms with Crippen molar-refractivity contribution in [2.24, 2.45) is 0 Å². The number of nitrogens with zero attached hydrogens (tertiary/aromatic N) is 4. The summed E-state index contributed by atoms with van der Waals surface area (Å²) in [5, 5.41) is 21.8. The number of hydrogen-bond donors (Lipinski definition) is 0. The Morgan fingerprint density at radius 3 is 2.18 bits per heavy atom. The number of allylic oxidation sites excluding steroid dienone is 3. The Hall–Kier alpha value is -6.10. The molecule has 0 amide bonds. The average Bonchev–Trinajstić information content (AvgIpc) is 3.53. The fraction of sp³-hybridized carbons (Fsp3) is 0.0500. The minimum atomic E-state index is 0.557. The number of aryl methyl sites for hydroxylation is 1. The summed E-state index contributed by atoms with van der Waals surface area (Å²) in [7, 11) is 0. The zero-order valence-electron chi connectivity index (χ0n) is 24.8. The third-order valence-corrected chi connectivity index (χ3v) is 8.01. The maximum Gasteiger partial charge on any atom is 0.0992 e. The molecule has 6 aromatic rings. The lowest BCUT2D eigenvalue weighted by molar-refractivity contribution is 1.09. The standard InChI is InChI=1S/C40H30N4/c1-5-8-16-37-27(4)35-15-9-10-17-39(35)43(37)32-14-11-13-30(23-32)31-20-29(26-42)21-33(24-31)44-38(12-6-2)34(7-3)36-22-28(25-41)18-19-40(36)44/h5-24H,1,3H2,2,4H3/b12-6-,16-8-. The Kier molecular flexibility index (Phi) is 7.42. The van der Waals surface area contributed by atoms with Gasteiger partial charge in [-0.05, 0) is 97.3 Å². The van der Waals surface area contributed by atoms with Gasteiger partial charge in [-0.15, -0.1) is 0 Å². The highest BCUT2D eigenvalue weighted by Crippen LogP contribution is 2.36. The summed E-state index contributed by atoms with van der Waals surface area (Å²) in [5.41, 5.74) is 11.2. The third-order valence-electron chi connectivity index (χ3n) is 8.01. The van der Waals surface area contributed by atoms with Crippen molar-refractivity contribution in [1.82, 2.24) is 9.13 Å². The molecule has 0 unspecified atom stereocenters. The molecule has 0 saturated carbocycles. The van der Waals surface area contributed by atoms with Gasteiger partial charge in [-0.3, -0.25) is 0 Å². The van der Waals surface area contributed by atoms with Gasteiger partial charge in [0.1, 0.15) is 0 Å². The van der Waals surface area contributed by atoms with E-state index in [1.165, 1.54) is 10.9 Å². The summed E-state index contributed by atoms with van der Waals surface area (Å²) < 4.78 is 4.42. The molecule has 0 saturated heterocycles. The van der Waals surface area contributed by atoms with Crippen molar-refractivity contribution in [2.75, 3.05) is 0 Å². The molecule has 2 heterocycles. The van der Waals surface area contributed by atoms with Crippen LogP contribution in [0.3, 0.4) is 0 Å². The molecule has 0 N–H and O–H groups in total. The maximum atomic E-state index is 10.1. The highest BCUT2D eigenvalue weighted by atomic mass is 15.0. The summed E-state index contributed by atoms with van der Waals surface area (Å²) >= 11 is 0. The monoisotopic (exact) mass is 566 g/mol. The summed E-state index contributed by atoms with van der Waals surface area (Å²) in [4.78, 5) is 0. The summed E-state index contributed by atoms with van der Waals surface area (Å²) in [6, 6.07) is 33.1. The van der Waals surface area contributed by atoms with Crippen LogP contribution in [0.1, 0.15) is 40.6 Å². The van der Waals surface area contributed by atoms with E-state index in [4.69, 9.17) is 0 Å². The molecule has 44 heavy (non-hydrogen) atoms. The molecule has 2 aromatic heterocycles. The normalized spacial score (nSPS) is 11.4. The first kappa shape index (κ1) is 28.0. The Bertz CT molecular complexity index is 2250. The lowest BCUT2D eigenvalue weighted by atomic mass is 10.0. The number of nitriles is 2. The summed E-state index contributed by atoms with van der Waals surface area (Å²) in [6.45, 7) is 12.1. The molecular formula is C40H30N4. The minimum Gasteiger partial charge on any atom is -0.310 e. The smallest absolute Gasteiger partial charge is 0.0992 e. The second kappa shape index (κ2) is 11.6. The quantitative estimate of drug-likeness (QED) is 0.181. The van der Waals surface area contributed by atoms with Crippen LogP contribution in [0.4, 0.5) is 0 Å². The molecular weight excluding hydrogens is 536 g/mol. The molecule has 0 aliphatic heterocycles. The van der Waals surface area contributed by atoms with Gasteiger partial charge in [0, 0.05) is 33.4 Å². The molecule has 210 valence electrons. The van der Waals surface area contributed by atoms with E-state index in [2.05, 4.69) is 102 Å². The van der Waals surface area contributed by atoms with Crippen LogP contribution >= 0.6 is 0 Å². The highest BCUT2D eigenvalue weighted by Gasteiger charge is 2.18. The van der Waals surface area contributed by atoms with Crippen LogP contribution < -0.4 is 0 Å². The predicted molar refractivity (Wildman–Crippen MR) is 184 cm³/mol. The molecule has 0 bridgehead atoms. The van der Waals surface area contributed by atoms with Crippen LogP contribution in [-0.4, -0.2) is 9.13 Å². The predicted octanol–water partition coefficient (Wildman–Crippen LogP) is 10.2. The van der Waals surface area contributed by atoms with Crippen LogP contribution in [0.5, 0.6) is 0 Å². The molecule has 4 nitrogen and oxygen atoms in total. The third kappa shape index (κ3) is 4.66. The van der Waals surface area contributed by atoms with E-state index in [0.717, 1.165) is 55.9 Å². The molecule has 0 spiro atoms. The number of hydrogen-bond acceptors (Lipinski definition) is 2. The van der Waals surface area contributed by atoms with Gasteiger partial charge in [0.2, 0.25) is 0 Å². The first-order valence-corrected chi connectivity index (χ1v) is 14.4. The Morgan fingerprint density at radius 2 is 1.43 bits per heavy atom. The maximum absolute atomic E-state index is 10.1. The van der Waals surface area contributed by atoms with Crippen molar-refractivity contribution < 1.29 is 0 Å². The molecule has 4 aromatic carbocycles. The van der Waals surface area contributed by atoms with Gasteiger partial charge in [-0.1, -0.05) is 67.8 Å². The molecule has 0 radical (unpaired) electrons. The van der Waals surface area contributed by atoms with E-state index in [9.17, 15) is 10.5 Å². The first-order chi connectivity index (χ1) is 21.5. The zero-order valence-corrected chi connectivity index (χ0v) is 24.8. The highest BCUT2D eigenvalue weighted by molar-refractivity contribution is 5.96. The van der Waals surface area contributed by atoms with Gasteiger partial charge in [-0.25, -0.2) is 0 Å². The van der Waals surface area contributed by atoms with Gasteiger partial charge < -0.3 is 9.13 Å². The van der Waals surface area contributed by atoms with Crippen LogP contribution in [0.15, 0.2) is 116 Å². The number of rotatable bonds is 7. The second-order valence-electron chi connectivity index (χ2n) is 10.6. The van der Waals surface area contributed by atoms with Gasteiger partial charge in [0.25, 0.3) is 0 Å². The van der Waals surface area contributed by atoms with Gasteiger partial charge in [0.05, 0.1) is 40.0 Å². The molecule has 0 aliphatic carbocycles. The van der Waals surface area contributed by atoms with Crippen molar-refractivity contribution in [3.63, 3.8) is 0 Å². The SMILES string of the molecule is C=C/C=C\c1c(C)c2ccccc2n1-c1cccc(-c2cc(C#N)cc(-n3c(/C=C\C)c(C=C)c4cc(C#N)ccc43)c2)c1. The Morgan fingerprint density at radius 1 is 0.682 bits per heavy atom. The van der Waals surface area contributed by atoms with Crippen molar-refractivity contribution in [3.8, 4) is 34.6 Å². The van der Waals surface area contributed by atoms with E-state index >= 15 is 0 Å². The summed E-state index contributed by atoms with van der Waals surface area (Å²) in [5.74, 6) is 0.